The molecule has 0 saturated carbocycles. The van der Waals surface area contributed by atoms with Gasteiger partial charge in [-0.15, -0.1) is 0 Å². The van der Waals surface area contributed by atoms with Crippen molar-refractivity contribution < 1.29 is 0 Å². The van der Waals surface area contributed by atoms with Crippen molar-refractivity contribution in [3.63, 3.8) is 0 Å². The zero-order valence-corrected chi connectivity index (χ0v) is 27.3. The molecule has 0 bridgehead atoms. The largest absolute Gasteiger partial charge is 0.255 e. The van der Waals surface area contributed by atoms with Gasteiger partial charge in [0, 0.05) is 33.9 Å². The summed E-state index contributed by atoms with van der Waals surface area (Å²) in [6.45, 7) is 4.65. The van der Waals surface area contributed by atoms with Crippen LogP contribution in [-0.4, -0.2) is 19.9 Å². The van der Waals surface area contributed by atoms with Crippen molar-refractivity contribution in [1.29, 1.82) is 0 Å². The Balaban J connectivity index is 1.17. The first kappa shape index (κ1) is 28.9. The first-order valence-electron chi connectivity index (χ1n) is 16.6. The second-order valence-electron chi connectivity index (χ2n) is 13.1. The van der Waals surface area contributed by atoms with E-state index in [-0.39, 0.29) is 5.41 Å². The molecule has 0 atom stereocenters. The second kappa shape index (κ2) is 11.5. The number of hydrogen-bond acceptors (Lipinski definition) is 4. The molecule has 0 spiro atoms. The van der Waals surface area contributed by atoms with Crippen molar-refractivity contribution in [2.24, 2.45) is 0 Å². The molecule has 4 nitrogen and oxygen atoms in total. The van der Waals surface area contributed by atoms with Gasteiger partial charge in [-0.05, 0) is 62.4 Å². The molecular weight excluding hydrogens is 597 g/mol. The van der Waals surface area contributed by atoms with E-state index in [9.17, 15) is 0 Å². The fourth-order valence-electron chi connectivity index (χ4n) is 7.24. The van der Waals surface area contributed by atoms with Gasteiger partial charge in [-0.25, -0.2) is 15.0 Å². The molecule has 6 aromatic carbocycles. The highest BCUT2D eigenvalue weighted by molar-refractivity contribution is 6.07. The predicted molar refractivity (Wildman–Crippen MR) is 200 cm³/mol. The Bertz CT molecular complexity index is 2490. The van der Waals surface area contributed by atoms with Crippen molar-refractivity contribution >= 4 is 10.8 Å². The normalized spacial score (nSPS) is 12.9. The summed E-state index contributed by atoms with van der Waals surface area (Å²) in [7, 11) is 0. The van der Waals surface area contributed by atoms with Crippen LogP contribution in [0.1, 0.15) is 25.0 Å². The minimum atomic E-state index is -0.112. The van der Waals surface area contributed by atoms with E-state index in [0.29, 0.717) is 17.5 Å². The average Bonchev–Trinajstić information content (AvgIpc) is 3.40. The van der Waals surface area contributed by atoms with Crippen molar-refractivity contribution in [3.05, 3.63) is 169 Å². The Kier molecular flexibility index (Phi) is 6.77. The summed E-state index contributed by atoms with van der Waals surface area (Å²) in [5, 5.41) is 2.41. The topological polar surface area (TPSA) is 51.6 Å². The van der Waals surface area contributed by atoms with E-state index in [0.717, 1.165) is 33.5 Å². The van der Waals surface area contributed by atoms with Gasteiger partial charge in [0.15, 0.2) is 17.5 Å². The van der Waals surface area contributed by atoms with E-state index in [1.807, 2.05) is 42.6 Å². The smallest absolute Gasteiger partial charge is 0.165 e. The van der Waals surface area contributed by atoms with Gasteiger partial charge in [0.05, 0.1) is 5.69 Å². The van der Waals surface area contributed by atoms with Gasteiger partial charge in [0.25, 0.3) is 0 Å². The number of hydrogen-bond donors (Lipinski definition) is 0. The Morgan fingerprint density at radius 1 is 0.429 bits per heavy atom. The third kappa shape index (κ3) is 4.92. The predicted octanol–water partition coefficient (Wildman–Crippen LogP) is 11.1. The standard InChI is InChI=1S/C45H32N4/c1-45(2)37-20-12-11-19-36(37)40-38(45)27-33-17-9-10-18-35(33)41(40)39-26-25-34(28-46-39)44-48-42(31-15-7-4-8-16-31)47-43(49-44)32-23-21-30(22-24-32)29-13-5-3-6-14-29/h3-28H,1-2H3. The maximum absolute atomic E-state index is 5.12. The van der Waals surface area contributed by atoms with Gasteiger partial charge in [-0.3, -0.25) is 4.98 Å². The molecule has 2 aromatic heterocycles. The van der Waals surface area contributed by atoms with Crippen LogP contribution in [0.15, 0.2) is 158 Å². The summed E-state index contributed by atoms with van der Waals surface area (Å²) in [5.41, 5.74) is 12.2. The third-order valence-electron chi connectivity index (χ3n) is 9.79. The lowest BCUT2D eigenvalue weighted by Crippen LogP contribution is -2.15. The molecule has 0 aliphatic heterocycles. The minimum Gasteiger partial charge on any atom is -0.255 e. The van der Waals surface area contributed by atoms with Crippen LogP contribution in [-0.2, 0) is 5.41 Å². The number of fused-ring (bicyclic) bond motifs is 4. The monoisotopic (exact) mass is 628 g/mol. The zero-order valence-electron chi connectivity index (χ0n) is 27.3. The Morgan fingerprint density at radius 2 is 0.959 bits per heavy atom. The molecule has 8 aromatic rings. The molecule has 0 N–H and O–H groups in total. The van der Waals surface area contributed by atoms with Crippen molar-refractivity contribution in [2.75, 3.05) is 0 Å². The highest BCUT2D eigenvalue weighted by atomic mass is 15.0. The number of aromatic nitrogens is 4. The van der Waals surface area contributed by atoms with Gasteiger partial charge in [0.2, 0.25) is 0 Å². The molecule has 0 saturated heterocycles. The molecular formula is C45H32N4. The third-order valence-corrected chi connectivity index (χ3v) is 9.79. The Morgan fingerprint density at radius 3 is 1.65 bits per heavy atom. The molecule has 0 amide bonds. The van der Waals surface area contributed by atoms with Crippen molar-refractivity contribution in [1.82, 2.24) is 19.9 Å². The molecule has 1 aliphatic carbocycles. The van der Waals surface area contributed by atoms with E-state index in [4.69, 9.17) is 19.9 Å². The first-order chi connectivity index (χ1) is 24.0. The van der Waals surface area contributed by atoms with E-state index >= 15 is 0 Å². The Labute approximate surface area is 285 Å². The number of rotatable bonds is 5. The number of benzene rings is 6. The summed E-state index contributed by atoms with van der Waals surface area (Å²) in [5.74, 6) is 1.84. The van der Waals surface area contributed by atoms with E-state index in [1.54, 1.807) is 0 Å². The summed E-state index contributed by atoms with van der Waals surface area (Å²) in [6, 6.07) is 52.9. The van der Waals surface area contributed by atoms with Gasteiger partial charge in [0.1, 0.15) is 0 Å². The van der Waals surface area contributed by atoms with E-state index < -0.39 is 0 Å². The lowest BCUT2D eigenvalue weighted by Gasteiger charge is -2.22. The quantitative estimate of drug-likeness (QED) is 0.190. The Hall–Kier alpha value is -6.26. The fraction of sp³-hybridized carbons (Fsp3) is 0.0667. The molecule has 1 aliphatic rings. The van der Waals surface area contributed by atoms with Crippen molar-refractivity contribution in [2.45, 2.75) is 19.3 Å². The number of nitrogens with zero attached hydrogens (tertiary/aromatic N) is 4. The van der Waals surface area contributed by atoms with Crippen molar-refractivity contribution in [3.8, 4) is 67.7 Å². The van der Waals surface area contributed by atoms with Crippen LogP contribution in [0.4, 0.5) is 0 Å². The van der Waals surface area contributed by atoms with Gasteiger partial charge >= 0.3 is 0 Å². The summed E-state index contributed by atoms with van der Waals surface area (Å²) in [4.78, 5) is 20.0. The molecule has 0 radical (unpaired) electrons. The minimum absolute atomic E-state index is 0.112. The average molecular weight is 629 g/mol. The molecule has 4 heteroatoms. The molecule has 49 heavy (non-hydrogen) atoms. The summed E-state index contributed by atoms with van der Waals surface area (Å²) in [6.07, 6.45) is 1.90. The maximum Gasteiger partial charge on any atom is 0.165 e. The van der Waals surface area contributed by atoms with Crippen LogP contribution in [0.25, 0.3) is 78.4 Å². The lowest BCUT2D eigenvalue weighted by molar-refractivity contribution is 0.661. The fourth-order valence-corrected chi connectivity index (χ4v) is 7.24. The lowest BCUT2D eigenvalue weighted by atomic mass is 9.81. The molecule has 0 fully saturated rings. The van der Waals surface area contributed by atoms with Gasteiger partial charge < -0.3 is 0 Å². The maximum atomic E-state index is 5.12. The molecule has 2 heterocycles. The van der Waals surface area contributed by atoms with Crippen LogP contribution in [0, 0.1) is 0 Å². The van der Waals surface area contributed by atoms with Crippen LogP contribution in [0.3, 0.4) is 0 Å². The zero-order chi connectivity index (χ0) is 33.0. The van der Waals surface area contributed by atoms with Gasteiger partial charge in [-0.2, -0.15) is 0 Å². The van der Waals surface area contributed by atoms with Gasteiger partial charge in [-0.1, -0.05) is 147 Å². The highest BCUT2D eigenvalue weighted by Gasteiger charge is 2.37. The van der Waals surface area contributed by atoms with E-state index in [1.165, 1.54) is 38.6 Å². The summed E-state index contributed by atoms with van der Waals surface area (Å²) < 4.78 is 0. The first-order valence-corrected chi connectivity index (χ1v) is 16.6. The highest BCUT2D eigenvalue weighted by Crippen LogP contribution is 2.54. The van der Waals surface area contributed by atoms with Crippen LogP contribution in [0.5, 0.6) is 0 Å². The summed E-state index contributed by atoms with van der Waals surface area (Å²) >= 11 is 0. The molecule has 232 valence electrons. The van der Waals surface area contributed by atoms with Crippen LogP contribution < -0.4 is 0 Å². The second-order valence-corrected chi connectivity index (χ2v) is 13.1. The SMILES string of the molecule is CC1(C)c2ccccc2-c2c1cc1ccccc1c2-c1ccc(-c2nc(-c3ccccc3)nc(-c3ccc(-c4ccccc4)cc3)n2)cn1. The van der Waals surface area contributed by atoms with Crippen LogP contribution >= 0.6 is 0 Å². The number of pyridine rings is 1. The van der Waals surface area contributed by atoms with Crippen LogP contribution in [0.2, 0.25) is 0 Å². The molecule has 0 unspecified atom stereocenters. The van der Waals surface area contributed by atoms with E-state index in [2.05, 4.69) is 129 Å². The molecule has 9 rings (SSSR count).